The highest BCUT2D eigenvalue weighted by Crippen LogP contribution is 2.21. The van der Waals surface area contributed by atoms with E-state index < -0.39 is 10.0 Å². The van der Waals surface area contributed by atoms with Gasteiger partial charge in [-0.15, -0.1) is 0 Å². The number of nitrogens with zero attached hydrogens (tertiary/aromatic N) is 1. The fourth-order valence-electron chi connectivity index (χ4n) is 1.18. The predicted octanol–water partition coefficient (Wildman–Crippen LogP) is 0.571. The van der Waals surface area contributed by atoms with Crippen LogP contribution in [0.4, 0.5) is 5.69 Å². The number of rotatable bonds is 2. The lowest BCUT2D eigenvalue weighted by molar-refractivity contribution is 0.341. The van der Waals surface area contributed by atoms with Gasteiger partial charge in [-0.1, -0.05) is 17.3 Å². The van der Waals surface area contributed by atoms with Crippen LogP contribution >= 0.6 is 0 Å². The number of aromatic nitrogens is 1. The zero-order valence-electron chi connectivity index (χ0n) is 8.12. The molecule has 0 saturated heterocycles. The van der Waals surface area contributed by atoms with Crippen LogP contribution in [0, 0.1) is 0 Å². The molecule has 0 fully saturated rings. The minimum absolute atomic E-state index is 0.362. The quantitative estimate of drug-likeness (QED) is 0.744. The molecule has 0 spiro atoms. The van der Waals surface area contributed by atoms with Gasteiger partial charge >= 0.3 is 0 Å². The predicted molar refractivity (Wildman–Crippen MR) is 57.7 cm³/mol. The second kappa shape index (κ2) is 3.62. The van der Waals surface area contributed by atoms with Crippen LogP contribution in [0.1, 0.15) is 0 Å². The zero-order chi connectivity index (χ0) is 11.8. The van der Waals surface area contributed by atoms with Crippen LogP contribution in [0.3, 0.4) is 0 Å². The van der Waals surface area contributed by atoms with Gasteiger partial charge in [0.25, 0.3) is 15.1 Å². The van der Waals surface area contributed by atoms with Crippen LogP contribution < -0.4 is 10.9 Å². The van der Waals surface area contributed by atoms with E-state index in [0.29, 0.717) is 16.9 Å². The third-order valence-corrected chi connectivity index (χ3v) is 2.73. The van der Waals surface area contributed by atoms with Crippen molar-refractivity contribution in [2.45, 2.75) is 5.09 Å². The van der Waals surface area contributed by atoms with Gasteiger partial charge < -0.3 is 10.3 Å². The molecule has 0 aliphatic heterocycles. The molecule has 0 radical (unpaired) electrons. The first-order valence-corrected chi connectivity index (χ1v) is 5.87. The van der Waals surface area contributed by atoms with Crippen LogP contribution in [0.5, 0.6) is 0 Å². The Bertz CT molecular complexity index is 601. The van der Waals surface area contributed by atoms with Crippen molar-refractivity contribution in [1.82, 2.24) is 5.16 Å². The van der Waals surface area contributed by atoms with E-state index in [1.807, 2.05) is 0 Å². The molecule has 1 aromatic carbocycles. The number of benzene rings is 1. The molecule has 1 heterocycles. The molecule has 0 saturated carbocycles. The van der Waals surface area contributed by atoms with Gasteiger partial charge in [-0.25, -0.2) is 13.6 Å². The Hall–Kier alpha value is -1.86. The van der Waals surface area contributed by atoms with Gasteiger partial charge in [0.15, 0.2) is 0 Å². The number of nitrogens with two attached hydrogens (primary N) is 2. The maximum atomic E-state index is 11.0. The van der Waals surface area contributed by atoms with Crippen molar-refractivity contribution in [3.05, 3.63) is 30.3 Å². The van der Waals surface area contributed by atoms with Crippen molar-refractivity contribution < 1.29 is 12.9 Å². The summed E-state index contributed by atoms with van der Waals surface area (Å²) in [6, 6.07) is 8.04. The molecular weight excluding hydrogens is 230 g/mol. The summed E-state index contributed by atoms with van der Waals surface area (Å²) in [5, 5.41) is 8.14. The number of anilines is 1. The third-order valence-electron chi connectivity index (χ3n) is 1.98. The summed E-state index contributed by atoms with van der Waals surface area (Å²) in [5.74, 6) is 0. The smallest absolute Gasteiger partial charge is 0.274 e. The van der Waals surface area contributed by atoms with Crippen molar-refractivity contribution in [2.75, 3.05) is 5.73 Å². The van der Waals surface area contributed by atoms with E-state index in [1.54, 1.807) is 24.3 Å². The van der Waals surface area contributed by atoms with Crippen LogP contribution in [0.2, 0.25) is 0 Å². The Labute approximate surface area is 91.9 Å². The Morgan fingerprint density at radius 1 is 1.19 bits per heavy atom. The van der Waals surface area contributed by atoms with Crippen molar-refractivity contribution >= 4 is 15.7 Å². The van der Waals surface area contributed by atoms with E-state index in [4.69, 9.17) is 10.9 Å². The van der Waals surface area contributed by atoms with Gasteiger partial charge in [-0.2, -0.15) is 0 Å². The summed E-state index contributed by atoms with van der Waals surface area (Å²) in [6.45, 7) is 0. The molecule has 2 rings (SSSR count). The van der Waals surface area contributed by atoms with Crippen molar-refractivity contribution in [2.24, 2.45) is 5.14 Å². The standard InChI is InChI=1S/C9H9N3O3S/c10-7-3-1-6(2-4-7)8-5-9(15-12-8)16(11,13)14/h1-5H,10H2,(H2,11,13,14). The third kappa shape index (κ3) is 2.05. The topological polar surface area (TPSA) is 112 Å². The van der Waals surface area contributed by atoms with E-state index in [1.165, 1.54) is 6.07 Å². The average molecular weight is 239 g/mol. The number of nitrogen functional groups attached to an aromatic ring is 1. The highest BCUT2D eigenvalue weighted by molar-refractivity contribution is 7.89. The highest BCUT2D eigenvalue weighted by Gasteiger charge is 2.15. The molecule has 4 N–H and O–H groups in total. The highest BCUT2D eigenvalue weighted by atomic mass is 32.2. The van der Waals surface area contributed by atoms with Crippen LogP contribution in [-0.2, 0) is 10.0 Å². The molecule has 16 heavy (non-hydrogen) atoms. The largest absolute Gasteiger partial charge is 0.399 e. The maximum absolute atomic E-state index is 11.0. The summed E-state index contributed by atoms with van der Waals surface area (Å²) in [5.41, 5.74) is 7.22. The number of sulfonamides is 1. The fraction of sp³-hybridized carbons (Fsp3) is 0. The van der Waals surface area contributed by atoms with Crippen LogP contribution in [-0.4, -0.2) is 13.6 Å². The number of hydrogen-bond acceptors (Lipinski definition) is 5. The van der Waals surface area contributed by atoms with E-state index in [0.717, 1.165) is 0 Å². The minimum Gasteiger partial charge on any atom is -0.399 e. The molecule has 1 aromatic heterocycles. The molecule has 0 atom stereocenters. The van der Waals surface area contributed by atoms with E-state index >= 15 is 0 Å². The normalized spacial score (nSPS) is 11.6. The summed E-state index contributed by atoms with van der Waals surface area (Å²) < 4.78 is 26.5. The maximum Gasteiger partial charge on any atom is 0.274 e. The molecule has 0 unspecified atom stereocenters. The summed E-state index contributed by atoms with van der Waals surface area (Å²) in [6.07, 6.45) is 0. The van der Waals surface area contributed by atoms with Crippen molar-refractivity contribution in [3.8, 4) is 11.3 Å². The van der Waals surface area contributed by atoms with Crippen LogP contribution in [0.25, 0.3) is 11.3 Å². The van der Waals surface area contributed by atoms with Crippen LogP contribution in [0.15, 0.2) is 39.9 Å². The fourth-order valence-corrected chi connectivity index (χ4v) is 1.60. The van der Waals surface area contributed by atoms with Gasteiger partial charge in [0.05, 0.1) is 0 Å². The number of hydrogen-bond donors (Lipinski definition) is 2. The van der Waals surface area contributed by atoms with E-state index in [9.17, 15) is 8.42 Å². The SMILES string of the molecule is Nc1ccc(-c2cc(S(N)(=O)=O)on2)cc1. The molecular formula is C9H9N3O3S. The van der Waals surface area contributed by atoms with Gasteiger partial charge in [-0.3, -0.25) is 0 Å². The van der Waals surface area contributed by atoms with Gasteiger partial charge in [0.1, 0.15) is 5.69 Å². The lowest BCUT2D eigenvalue weighted by Crippen LogP contribution is -2.10. The molecule has 0 amide bonds. The average Bonchev–Trinajstić information content (AvgIpc) is 2.67. The summed E-state index contributed by atoms with van der Waals surface area (Å²) >= 11 is 0. The second-order valence-electron chi connectivity index (χ2n) is 3.20. The number of primary sulfonamides is 1. The molecule has 6 nitrogen and oxygen atoms in total. The Balaban J connectivity index is 2.43. The first kappa shape index (κ1) is 10.7. The zero-order valence-corrected chi connectivity index (χ0v) is 8.94. The lowest BCUT2D eigenvalue weighted by atomic mass is 10.1. The molecule has 0 aliphatic carbocycles. The molecule has 0 bridgehead atoms. The Morgan fingerprint density at radius 2 is 1.81 bits per heavy atom. The molecule has 0 aliphatic rings. The van der Waals surface area contributed by atoms with Crippen molar-refractivity contribution in [1.29, 1.82) is 0 Å². The van der Waals surface area contributed by atoms with E-state index in [2.05, 4.69) is 9.68 Å². The van der Waals surface area contributed by atoms with Gasteiger partial charge in [0.2, 0.25) is 0 Å². The van der Waals surface area contributed by atoms with Gasteiger partial charge in [0, 0.05) is 17.3 Å². The molecule has 2 aromatic rings. The van der Waals surface area contributed by atoms with E-state index in [-0.39, 0.29) is 5.09 Å². The first-order chi connectivity index (χ1) is 7.47. The molecule has 7 heteroatoms. The Kier molecular flexibility index (Phi) is 2.41. The Morgan fingerprint density at radius 3 is 2.31 bits per heavy atom. The summed E-state index contributed by atoms with van der Waals surface area (Å²) in [7, 11) is -3.85. The molecule has 84 valence electrons. The summed E-state index contributed by atoms with van der Waals surface area (Å²) in [4.78, 5) is 0. The van der Waals surface area contributed by atoms with Gasteiger partial charge in [-0.05, 0) is 12.1 Å². The van der Waals surface area contributed by atoms with Crippen molar-refractivity contribution in [3.63, 3.8) is 0 Å². The minimum atomic E-state index is -3.85. The first-order valence-electron chi connectivity index (χ1n) is 4.32. The lowest BCUT2D eigenvalue weighted by Gasteiger charge is -1.95. The second-order valence-corrected chi connectivity index (χ2v) is 4.69. The monoisotopic (exact) mass is 239 g/mol.